The third kappa shape index (κ3) is 51.1. The Bertz CT molecular complexity index is 1060. The number of carbonyl (C=O) groups excluding carboxylic acids is 1. The van der Waals surface area contributed by atoms with Crippen LogP contribution in [0.4, 0.5) is 0 Å². The van der Waals surface area contributed by atoms with Crippen molar-refractivity contribution in [3.8, 4) is 0 Å². The molecule has 2 atom stereocenters. The van der Waals surface area contributed by atoms with Gasteiger partial charge in [-0.05, 0) is 70.6 Å². The molecule has 2 unspecified atom stereocenters. The molecule has 0 aliphatic heterocycles. The summed E-state index contributed by atoms with van der Waals surface area (Å²) in [5.41, 5.74) is 0. The van der Waals surface area contributed by atoms with Crippen molar-refractivity contribution in [2.75, 3.05) is 6.61 Å². The standard InChI is InChI=1S/C60H111NO3/c1-3-5-7-9-11-13-15-16-17-18-19-20-21-22-23-24-25-26-27-28-29-30-31-32-33-34-35-36-37-38-39-40-41-42-43-44-46-48-50-52-54-56-60(64)61-58(57-62)59(63)55-53-51-49-47-45-14-12-10-8-6-4-2/h8,10,15-16,18-19,45,47,53,55,58-59,62-63H,3-7,9,11-14,17,20-44,46,48-52,54,56-57H2,1-2H3,(H,61,64)/b10-8+,16-15-,19-18-,47-45+,55-53+. The van der Waals surface area contributed by atoms with Crippen molar-refractivity contribution in [3.05, 3.63) is 60.8 Å². The first kappa shape index (κ1) is 62.1. The summed E-state index contributed by atoms with van der Waals surface area (Å²) in [6, 6.07) is -0.643. The molecular weight excluding hydrogens is 783 g/mol. The molecule has 0 aromatic carbocycles. The first-order chi connectivity index (χ1) is 31.7. The molecule has 0 aromatic heterocycles. The van der Waals surface area contributed by atoms with E-state index in [-0.39, 0.29) is 12.5 Å². The van der Waals surface area contributed by atoms with E-state index >= 15 is 0 Å². The van der Waals surface area contributed by atoms with Crippen LogP contribution in [0.3, 0.4) is 0 Å². The van der Waals surface area contributed by atoms with E-state index in [1.54, 1.807) is 6.08 Å². The van der Waals surface area contributed by atoms with Gasteiger partial charge in [-0.15, -0.1) is 0 Å². The van der Waals surface area contributed by atoms with Crippen LogP contribution in [0.5, 0.6) is 0 Å². The van der Waals surface area contributed by atoms with Gasteiger partial charge >= 0.3 is 0 Å². The fourth-order valence-corrected chi connectivity index (χ4v) is 8.60. The number of hydrogen-bond acceptors (Lipinski definition) is 3. The minimum absolute atomic E-state index is 0.0765. The summed E-state index contributed by atoms with van der Waals surface area (Å²) in [7, 11) is 0. The Kier molecular flexibility index (Phi) is 53.8. The number of aliphatic hydroxyl groups excluding tert-OH is 2. The largest absolute Gasteiger partial charge is 0.394 e. The van der Waals surface area contributed by atoms with Gasteiger partial charge in [-0.3, -0.25) is 4.79 Å². The maximum Gasteiger partial charge on any atom is 0.220 e. The van der Waals surface area contributed by atoms with Crippen LogP contribution in [0.2, 0.25) is 0 Å². The van der Waals surface area contributed by atoms with Gasteiger partial charge in [0.2, 0.25) is 5.91 Å². The molecule has 0 rings (SSSR count). The van der Waals surface area contributed by atoms with Crippen LogP contribution in [-0.2, 0) is 4.79 Å². The van der Waals surface area contributed by atoms with Crippen LogP contribution in [-0.4, -0.2) is 34.9 Å². The molecule has 0 saturated carbocycles. The Morgan fingerprint density at radius 2 is 0.688 bits per heavy atom. The normalized spacial score (nSPS) is 13.2. The van der Waals surface area contributed by atoms with Crippen LogP contribution in [0, 0.1) is 0 Å². The zero-order valence-corrected chi connectivity index (χ0v) is 43.1. The van der Waals surface area contributed by atoms with Gasteiger partial charge in [0, 0.05) is 6.42 Å². The van der Waals surface area contributed by atoms with Crippen LogP contribution in [0.15, 0.2) is 60.8 Å². The molecule has 3 N–H and O–H groups in total. The Hall–Kier alpha value is -1.91. The van der Waals surface area contributed by atoms with Gasteiger partial charge in [-0.1, -0.05) is 280 Å². The van der Waals surface area contributed by atoms with Crippen molar-refractivity contribution < 1.29 is 15.0 Å². The number of rotatable bonds is 52. The lowest BCUT2D eigenvalue weighted by atomic mass is 10.0. The summed E-state index contributed by atoms with van der Waals surface area (Å²) in [5.74, 6) is -0.0765. The van der Waals surface area contributed by atoms with Gasteiger partial charge in [-0.2, -0.15) is 0 Å². The number of carbonyl (C=O) groups is 1. The average molecular weight is 895 g/mol. The molecule has 4 nitrogen and oxygen atoms in total. The third-order valence-corrected chi connectivity index (χ3v) is 12.9. The SMILES string of the molecule is CCC/C=C/CC/C=C/CC/C=C/C(O)C(CO)NC(=O)CCCCCCCCCCCCCCCCCCCCCCCCCCCCCCC/C=C\C/C=C\CCCCCCC. The third-order valence-electron chi connectivity index (χ3n) is 12.9. The second-order valence-electron chi connectivity index (χ2n) is 19.3. The minimum Gasteiger partial charge on any atom is -0.394 e. The van der Waals surface area contributed by atoms with Crippen molar-refractivity contribution in [3.63, 3.8) is 0 Å². The average Bonchev–Trinajstić information content (AvgIpc) is 3.30. The van der Waals surface area contributed by atoms with Gasteiger partial charge in [0.15, 0.2) is 0 Å². The topological polar surface area (TPSA) is 69.6 Å². The molecule has 374 valence electrons. The molecule has 0 heterocycles. The minimum atomic E-state index is -0.868. The molecule has 0 radical (unpaired) electrons. The first-order valence-corrected chi connectivity index (χ1v) is 28.5. The number of unbranched alkanes of at least 4 members (excludes halogenated alkanes) is 37. The Morgan fingerprint density at radius 1 is 0.375 bits per heavy atom. The number of nitrogens with one attached hydrogen (secondary N) is 1. The molecule has 1 amide bonds. The fourth-order valence-electron chi connectivity index (χ4n) is 8.60. The first-order valence-electron chi connectivity index (χ1n) is 28.5. The molecule has 64 heavy (non-hydrogen) atoms. The van der Waals surface area contributed by atoms with E-state index in [9.17, 15) is 15.0 Å². The second kappa shape index (κ2) is 55.4. The zero-order chi connectivity index (χ0) is 46.3. The Morgan fingerprint density at radius 3 is 1.05 bits per heavy atom. The molecule has 0 bridgehead atoms. The van der Waals surface area contributed by atoms with E-state index in [1.165, 1.54) is 225 Å². The van der Waals surface area contributed by atoms with Crippen LogP contribution in [0.1, 0.15) is 296 Å². The number of allylic oxidation sites excluding steroid dienone is 9. The number of aliphatic hydroxyl groups is 2. The van der Waals surface area contributed by atoms with Crippen molar-refractivity contribution in [2.24, 2.45) is 0 Å². The lowest BCUT2D eigenvalue weighted by Gasteiger charge is -2.19. The summed E-state index contributed by atoms with van der Waals surface area (Å²) >= 11 is 0. The molecule has 0 aliphatic rings. The summed E-state index contributed by atoms with van der Waals surface area (Å²) in [6.07, 6.45) is 78.5. The van der Waals surface area contributed by atoms with E-state index in [1.807, 2.05) is 6.08 Å². The van der Waals surface area contributed by atoms with E-state index < -0.39 is 12.1 Å². The van der Waals surface area contributed by atoms with Crippen molar-refractivity contribution in [1.29, 1.82) is 0 Å². The maximum atomic E-state index is 12.4. The Balaban J connectivity index is 3.36. The molecule has 0 aliphatic carbocycles. The molecule has 0 aromatic rings. The Labute approximate surface area is 400 Å². The van der Waals surface area contributed by atoms with Gasteiger partial charge in [-0.25, -0.2) is 0 Å². The van der Waals surface area contributed by atoms with E-state index in [4.69, 9.17) is 0 Å². The van der Waals surface area contributed by atoms with Crippen LogP contribution in [0.25, 0.3) is 0 Å². The van der Waals surface area contributed by atoms with Crippen molar-refractivity contribution >= 4 is 5.91 Å². The molecule has 0 spiro atoms. The second-order valence-corrected chi connectivity index (χ2v) is 19.3. The predicted octanol–water partition coefficient (Wildman–Crippen LogP) is 18.8. The smallest absolute Gasteiger partial charge is 0.220 e. The monoisotopic (exact) mass is 894 g/mol. The molecular formula is C60H111NO3. The summed E-state index contributed by atoms with van der Waals surface area (Å²) < 4.78 is 0. The maximum absolute atomic E-state index is 12.4. The van der Waals surface area contributed by atoms with E-state index in [0.29, 0.717) is 6.42 Å². The number of hydrogen-bond donors (Lipinski definition) is 3. The van der Waals surface area contributed by atoms with Crippen molar-refractivity contribution in [1.82, 2.24) is 5.32 Å². The van der Waals surface area contributed by atoms with Gasteiger partial charge < -0.3 is 15.5 Å². The van der Waals surface area contributed by atoms with Gasteiger partial charge in [0.1, 0.15) is 0 Å². The zero-order valence-electron chi connectivity index (χ0n) is 43.1. The highest BCUT2D eigenvalue weighted by Gasteiger charge is 2.18. The number of amides is 1. The van der Waals surface area contributed by atoms with E-state index in [0.717, 1.165) is 51.4 Å². The van der Waals surface area contributed by atoms with Crippen LogP contribution < -0.4 is 5.32 Å². The highest BCUT2D eigenvalue weighted by atomic mass is 16.3. The van der Waals surface area contributed by atoms with Gasteiger partial charge in [0.25, 0.3) is 0 Å². The van der Waals surface area contributed by atoms with Gasteiger partial charge in [0.05, 0.1) is 18.8 Å². The molecule has 4 heteroatoms. The van der Waals surface area contributed by atoms with E-state index in [2.05, 4.69) is 67.8 Å². The fraction of sp³-hybridized carbons (Fsp3) is 0.817. The summed E-state index contributed by atoms with van der Waals surface area (Å²) in [6.45, 7) is 4.22. The quantitative estimate of drug-likeness (QED) is 0.0421. The highest BCUT2D eigenvalue weighted by molar-refractivity contribution is 5.76. The molecule has 0 fully saturated rings. The van der Waals surface area contributed by atoms with Crippen molar-refractivity contribution in [2.45, 2.75) is 309 Å². The summed E-state index contributed by atoms with van der Waals surface area (Å²) in [5, 5.41) is 23.0. The lowest BCUT2D eigenvalue weighted by molar-refractivity contribution is -0.123. The van der Waals surface area contributed by atoms with Crippen LogP contribution >= 0.6 is 0 Å². The summed E-state index contributed by atoms with van der Waals surface area (Å²) in [4.78, 5) is 12.4. The lowest BCUT2D eigenvalue weighted by Crippen LogP contribution is -2.45. The molecule has 0 saturated heterocycles. The predicted molar refractivity (Wildman–Crippen MR) is 285 cm³/mol. The highest BCUT2D eigenvalue weighted by Crippen LogP contribution is 2.17.